The molecule has 0 saturated carbocycles. The zero-order valence-electron chi connectivity index (χ0n) is 7.99. The minimum absolute atomic E-state index is 0.394. The van der Waals surface area contributed by atoms with Gasteiger partial charge in [0.1, 0.15) is 6.04 Å². The van der Waals surface area contributed by atoms with Gasteiger partial charge in [0, 0.05) is 5.75 Å². The van der Waals surface area contributed by atoms with E-state index in [-0.39, 0.29) is 0 Å². The van der Waals surface area contributed by atoms with Crippen molar-refractivity contribution in [1.29, 1.82) is 0 Å². The summed E-state index contributed by atoms with van der Waals surface area (Å²) in [6.45, 7) is 3.45. The molecule has 0 aliphatic rings. The second kappa shape index (κ2) is 5.47. The molecule has 0 heterocycles. The maximum Gasteiger partial charge on any atom is 0.321 e. The number of carboxylic acids is 1. The molecule has 13 heavy (non-hydrogen) atoms. The Kier molecular flexibility index (Phi) is 5.36. The molecule has 1 atom stereocenters. The molecule has 0 aromatic rings. The van der Waals surface area contributed by atoms with E-state index < -0.39 is 17.6 Å². The Morgan fingerprint density at radius 1 is 1.62 bits per heavy atom. The maximum absolute atomic E-state index is 10.3. The first-order valence-corrected chi connectivity index (χ1v) is 5.27. The van der Waals surface area contributed by atoms with Gasteiger partial charge in [0.2, 0.25) is 0 Å². The van der Waals surface area contributed by atoms with Gasteiger partial charge in [-0.2, -0.15) is 11.8 Å². The average molecular weight is 207 g/mol. The predicted octanol–water partition coefficient (Wildman–Crippen LogP) is 0.292. The number of hydrogen-bond donors (Lipinski definition) is 3. The molecule has 0 aliphatic heterocycles. The fourth-order valence-corrected chi connectivity index (χ4v) is 1.81. The maximum atomic E-state index is 10.3. The van der Waals surface area contributed by atoms with Crippen LogP contribution in [0.1, 0.15) is 20.3 Å². The highest BCUT2D eigenvalue weighted by Crippen LogP contribution is 2.13. The van der Waals surface area contributed by atoms with E-state index >= 15 is 0 Å². The molecule has 4 nitrogen and oxygen atoms in total. The highest BCUT2D eigenvalue weighted by molar-refractivity contribution is 7.99. The molecule has 0 unspecified atom stereocenters. The Morgan fingerprint density at radius 3 is 2.54 bits per heavy atom. The van der Waals surface area contributed by atoms with E-state index in [1.807, 2.05) is 0 Å². The van der Waals surface area contributed by atoms with Crippen molar-refractivity contribution in [3.8, 4) is 0 Å². The van der Waals surface area contributed by atoms with E-state index in [4.69, 9.17) is 10.8 Å². The molecular formula is C8H17NO3S. The van der Waals surface area contributed by atoms with Crippen LogP contribution in [0.25, 0.3) is 0 Å². The Labute approximate surface area is 82.5 Å². The van der Waals surface area contributed by atoms with Gasteiger partial charge >= 0.3 is 5.97 Å². The van der Waals surface area contributed by atoms with Crippen LogP contribution in [0.3, 0.4) is 0 Å². The van der Waals surface area contributed by atoms with Crippen LogP contribution in [-0.2, 0) is 4.79 Å². The van der Waals surface area contributed by atoms with Crippen LogP contribution in [0.5, 0.6) is 0 Å². The third kappa shape index (κ3) is 8.08. The summed E-state index contributed by atoms with van der Waals surface area (Å²) in [5.74, 6) is 0.145. The first-order valence-electron chi connectivity index (χ1n) is 4.11. The molecular weight excluding hydrogens is 190 g/mol. The molecule has 0 spiro atoms. The van der Waals surface area contributed by atoms with Crippen LogP contribution >= 0.6 is 11.8 Å². The zero-order valence-corrected chi connectivity index (χ0v) is 8.80. The van der Waals surface area contributed by atoms with E-state index in [2.05, 4.69) is 0 Å². The number of carboxylic acid groups (broad SMARTS) is 1. The van der Waals surface area contributed by atoms with Gasteiger partial charge in [-0.1, -0.05) is 0 Å². The Bertz CT molecular complexity index is 167. The van der Waals surface area contributed by atoms with Crippen molar-refractivity contribution in [2.45, 2.75) is 31.9 Å². The summed E-state index contributed by atoms with van der Waals surface area (Å²) in [5.41, 5.74) is 4.60. The average Bonchev–Trinajstić information content (AvgIpc) is 1.95. The second-order valence-electron chi connectivity index (χ2n) is 3.58. The molecule has 5 heteroatoms. The van der Waals surface area contributed by atoms with Gasteiger partial charge in [0.05, 0.1) is 5.60 Å². The topological polar surface area (TPSA) is 83.5 Å². The number of aliphatic hydroxyl groups is 1. The first-order chi connectivity index (χ1) is 5.83. The van der Waals surface area contributed by atoms with Crippen molar-refractivity contribution in [1.82, 2.24) is 0 Å². The fourth-order valence-electron chi connectivity index (χ4n) is 0.604. The van der Waals surface area contributed by atoms with E-state index in [0.717, 1.165) is 5.75 Å². The molecule has 4 N–H and O–H groups in total. The third-order valence-electron chi connectivity index (χ3n) is 1.47. The second-order valence-corrected chi connectivity index (χ2v) is 4.73. The van der Waals surface area contributed by atoms with Gasteiger partial charge in [-0.3, -0.25) is 4.79 Å². The predicted molar refractivity (Wildman–Crippen MR) is 53.9 cm³/mol. The monoisotopic (exact) mass is 207 g/mol. The van der Waals surface area contributed by atoms with Crippen LogP contribution in [0, 0.1) is 0 Å². The highest BCUT2D eigenvalue weighted by atomic mass is 32.2. The van der Waals surface area contributed by atoms with Gasteiger partial charge in [0.15, 0.2) is 0 Å². The number of hydrogen-bond acceptors (Lipinski definition) is 4. The Morgan fingerprint density at radius 2 is 2.15 bits per heavy atom. The quantitative estimate of drug-likeness (QED) is 0.545. The van der Waals surface area contributed by atoms with E-state index in [0.29, 0.717) is 12.2 Å². The summed E-state index contributed by atoms with van der Waals surface area (Å²) in [6.07, 6.45) is 0.643. The number of thioether (sulfide) groups is 1. The lowest BCUT2D eigenvalue weighted by atomic mass is 10.1. The van der Waals surface area contributed by atoms with Gasteiger partial charge in [-0.15, -0.1) is 0 Å². The zero-order chi connectivity index (χ0) is 10.5. The molecule has 0 amide bonds. The normalized spacial score (nSPS) is 14.2. The summed E-state index contributed by atoms with van der Waals surface area (Å²) in [4.78, 5) is 10.3. The van der Waals surface area contributed by atoms with Crippen LogP contribution < -0.4 is 5.73 Å². The Hall–Kier alpha value is -0.260. The van der Waals surface area contributed by atoms with Gasteiger partial charge in [0.25, 0.3) is 0 Å². The summed E-state index contributed by atoms with van der Waals surface area (Å²) in [7, 11) is 0. The lowest BCUT2D eigenvalue weighted by Crippen LogP contribution is -2.32. The summed E-state index contributed by atoms with van der Waals surface area (Å²) < 4.78 is 0. The van der Waals surface area contributed by atoms with Crippen molar-refractivity contribution in [3.05, 3.63) is 0 Å². The highest BCUT2D eigenvalue weighted by Gasteiger charge is 2.14. The summed E-state index contributed by atoms with van der Waals surface area (Å²) in [5, 5.41) is 17.8. The molecule has 0 rings (SSSR count). The third-order valence-corrected chi connectivity index (χ3v) is 2.56. The van der Waals surface area contributed by atoms with E-state index in [1.54, 1.807) is 13.8 Å². The minimum atomic E-state index is -0.976. The molecule has 0 aromatic heterocycles. The van der Waals surface area contributed by atoms with Gasteiger partial charge in [-0.05, 0) is 26.0 Å². The number of aliphatic carboxylic acids is 1. The molecule has 0 aliphatic carbocycles. The van der Waals surface area contributed by atoms with Crippen molar-refractivity contribution in [2.75, 3.05) is 11.5 Å². The lowest BCUT2D eigenvalue weighted by molar-refractivity contribution is -0.137. The van der Waals surface area contributed by atoms with Crippen LogP contribution in [-0.4, -0.2) is 39.3 Å². The first kappa shape index (κ1) is 12.7. The fraction of sp³-hybridized carbons (Fsp3) is 0.875. The number of nitrogens with two attached hydrogens (primary N) is 1. The SMILES string of the molecule is CC(C)(O)CCSC[C@H](N)C(=O)O. The van der Waals surface area contributed by atoms with Crippen molar-refractivity contribution in [2.24, 2.45) is 5.73 Å². The van der Waals surface area contributed by atoms with Crippen molar-refractivity contribution < 1.29 is 15.0 Å². The van der Waals surface area contributed by atoms with Gasteiger partial charge < -0.3 is 15.9 Å². The van der Waals surface area contributed by atoms with Gasteiger partial charge in [-0.25, -0.2) is 0 Å². The van der Waals surface area contributed by atoms with Crippen LogP contribution in [0.2, 0.25) is 0 Å². The smallest absolute Gasteiger partial charge is 0.321 e. The molecule has 0 fully saturated rings. The van der Waals surface area contributed by atoms with Crippen molar-refractivity contribution in [3.63, 3.8) is 0 Å². The molecule has 0 saturated heterocycles. The molecule has 78 valence electrons. The molecule has 0 radical (unpaired) electrons. The lowest BCUT2D eigenvalue weighted by Gasteiger charge is -2.16. The van der Waals surface area contributed by atoms with Crippen LogP contribution in [0.15, 0.2) is 0 Å². The Balaban J connectivity index is 3.41. The van der Waals surface area contributed by atoms with E-state index in [9.17, 15) is 9.90 Å². The molecule has 0 bridgehead atoms. The van der Waals surface area contributed by atoms with Crippen LogP contribution in [0.4, 0.5) is 0 Å². The van der Waals surface area contributed by atoms with Crippen molar-refractivity contribution >= 4 is 17.7 Å². The summed E-state index contributed by atoms with van der Waals surface area (Å²) in [6, 6.07) is -0.799. The number of rotatable bonds is 6. The molecule has 0 aromatic carbocycles. The standard InChI is InChI=1S/C8H17NO3S/c1-8(2,12)3-4-13-5-6(9)7(10)11/h6,12H,3-5,9H2,1-2H3,(H,10,11)/t6-/m0/s1. The van der Waals surface area contributed by atoms with E-state index in [1.165, 1.54) is 11.8 Å². The summed E-state index contributed by atoms with van der Waals surface area (Å²) >= 11 is 1.45. The largest absolute Gasteiger partial charge is 0.480 e. The number of carbonyl (C=O) groups is 1. The minimum Gasteiger partial charge on any atom is -0.480 e.